The molecule has 0 aliphatic heterocycles. The molecule has 0 bridgehead atoms. The van der Waals surface area contributed by atoms with Crippen LogP contribution in [0.25, 0.3) is 0 Å². The topological polar surface area (TPSA) is 0 Å². The molecule has 0 fully saturated rings. The third kappa shape index (κ3) is 5.49. The van der Waals surface area contributed by atoms with Gasteiger partial charge in [0, 0.05) is 0 Å². The number of hydrogen-bond donors (Lipinski definition) is 0. The van der Waals surface area contributed by atoms with Gasteiger partial charge in [-0.1, -0.05) is 74.5 Å². The van der Waals surface area contributed by atoms with Gasteiger partial charge in [-0.05, 0) is 56.0 Å². The highest BCUT2D eigenvalue weighted by Gasteiger charge is 2.13. The van der Waals surface area contributed by atoms with Crippen LogP contribution in [0.4, 0.5) is 0 Å². The second-order valence-electron chi connectivity index (χ2n) is 5.56. The zero-order chi connectivity index (χ0) is 15.6. The summed E-state index contributed by atoms with van der Waals surface area (Å²) >= 11 is 0. The van der Waals surface area contributed by atoms with Gasteiger partial charge >= 0.3 is 0 Å². The Morgan fingerprint density at radius 2 is 1.09 bits per heavy atom. The van der Waals surface area contributed by atoms with Crippen molar-refractivity contribution in [2.45, 2.75) is 26.7 Å². The minimum absolute atomic E-state index is 0.183. The van der Waals surface area contributed by atoms with E-state index in [1.54, 1.807) is 0 Å². The summed E-state index contributed by atoms with van der Waals surface area (Å²) in [6, 6.07) is 22.2. The van der Waals surface area contributed by atoms with E-state index in [9.17, 15) is 0 Å². The molecule has 0 aromatic heterocycles. The Morgan fingerprint density at radius 1 is 0.636 bits per heavy atom. The lowest BCUT2D eigenvalue weighted by Crippen LogP contribution is -2.14. The molecule has 2 rings (SSSR count). The molecule has 0 saturated heterocycles. The maximum absolute atomic E-state index is 2.36. The van der Waals surface area contributed by atoms with Crippen LogP contribution < -0.4 is 10.6 Å². The minimum atomic E-state index is -0.183. The van der Waals surface area contributed by atoms with Crippen LogP contribution in [0.1, 0.15) is 26.7 Å². The van der Waals surface area contributed by atoms with Gasteiger partial charge in [0.25, 0.3) is 0 Å². The summed E-state index contributed by atoms with van der Waals surface area (Å²) in [5, 5.41) is 3.05. The summed E-state index contributed by atoms with van der Waals surface area (Å²) in [6.07, 6.45) is 8.38. The highest BCUT2D eigenvalue weighted by Crippen LogP contribution is 2.38. The third-order valence-corrected chi connectivity index (χ3v) is 9.48. The van der Waals surface area contributed by atoms with Gasteiger partial charge in [0.1, 0.15) is 0 Å². The van der Waals surface area contributed by atoms with Gasteiger partial charge in [-0.25, -0.2) is 0 Å². The average Bonchev–Trinajstić information content (AvgIpc) is 2.60. The van der Waals surface area contributed by atoms with E-state index in [1.807, 2.05) is 0 Å². The first-order valence-electron chi connectivity index (χ1n) is 8.45. The van der Waals surface area contributed by atoms with Crippen LogP contribution in [0.2, 0.25) is 0 Å². The fourth-order valence-electron chi connectivity index (χ4n) is 2.77. The van der Waals surface area contributed by atoms with Gasteiger partial charge in [-0.2, -0.15) is 0 Å². The molecule has 0 spiro atoms. The fraction of sp³-hybridized carbons (Fsp3) is 0.400. The molecular weight excluding hydrogens is 302 g/mol. The second kappa shape index (κ2) is 10.1. The van der Waals surface area contributed by atoms with E-state index in [4.69, 9.17) is 0 Å². The lowest BCUT2D eigenvalue weighted by molar-refractivity contribution is 0.897. The molecule has 0 N–H and O–H groups in total. The van der Waals surface area contributed by atoms with E-state index < -0.39 is 0 Å². The molecule has 0 atom stereocenters. The van der Waals surface area contributed by atoms with Crippen molar-refractivity contribution in [1.29, 1.82) is 0 Å². The molecule has 2 aromatic carbocycles. The number of hydrogen-bond acceptors (Lipinski definition) is 0. The third-order valence-electron chi connectivity index (χ3n) is 4.14. The van der Waals surface area contributed by atoms with Crippen LogP contribution in [0.5, 0.6) is 0 Å². The van der Waals surface area contributed by atoms with Gasteiger partial charge in [0.2, 0.25) is 0 Å². The Kier molecular flexibility index (Phi) is 8.14. The first-order chi connectivity index (χ1) is 10.8. The van der Waals surface area contributed by atoms with Gasteiger partial charge < -0.3 is 0 Å². The minimum Gasteiger partial charge on any atom is -0.107 e. The highest BCUT2D eigenvalue weighted by atomic mass is 31.1. The molecule has 0 aliphatic carbocycles. The van der Waals surface area contributed by atoms with Crippen molar-refractivity contribution in [2.24, 2.45) is 0 Å². The van der Waals surface area contributed by atoms with Crippen LogP contribution in [0.15, 0.2) is 60.7 Å². The fourth-order valence-corrected chi connectivity index (χ4v) is 6.94. The molecule has 2 aromatic rings. The van der Waals surface area contributed by atoms with Crippen LogP contribution in [-0.4, -0.2) is 24.6 Å². The van der Waals surface area contributed by atoms with Gasteiger partial charge in [-0.15, -0.1) is 7.92 Å². The van der Waals surface area contributed by atoms with Crippen LogP contribution >= 0.6 is 15.8 Å². The summed E-state index contributed by atoms with van der Waals surface area (Å²) in [5.41, 5.74) is 0. The Labute approximate surface area is 138 Å². The largest absolute Gasteiger partial charge is 0.107 e. The summed E-state index contributed by atoms with van der Waals surface area (Å²) in [7, 11) is 0.129. The predicted molar refractivity (Wildman–Crippen MR) is 106 cm³/mol. The van der Waals surface area contributed by atoms with Crippen LogP contribution in [0.3, 0.4) is 0 Å². The van der Waals surface area contributed by atoms with Crippen molar-refractivity contribution < 1.29 is 0 Å². The molecule has 0 radical (unpaired) electrons. The molecule has 0 saturated carbocycles. The number of unbranched alkanes of at least 4 members (excludes halogenated alkanes) is 1. The van der Waals surface area contributed by atoms with E-state index in [1.165, 1.54) is 48.1 Å². The van der Waals surface area contributed by atoms with E-state index in [-0.39, 0.29) is 7.92 Å². The molecule has 22 heavy (non-hydrogen) atoms. The monoisotopic (exact) mass is 330 g/mol. The molecule has 118 valence electrons. The number of benzene rings is 2. The molecular formula is C20H28P2. The molecule has 0 heterocycles. The van der Waals surface area contributed by atoms with Crippen LogP contribution in [-0.2, 0) is 0 Å². The van der Waals surface area contributed by atoms with Crippen molar-refractivity contribution >= 4 is 26.5 Å². The van der Waals surface area contributed by atoms with Gasteiger partial charge in [-0.3, -0.25) is 0 Å². The highest BCUT2D eigenvalue weighted by molar-refractivity contribution is 7.73. The summed E-state index contributed by atoms with van der Waals surface area (Å²) in [4.78, 5) is 0. The van der Waals surface area contributed by atoms with E-state index in [0.717, 1.165) is 0 Å². The molecule has 0 amide bonds. The predicted octanol–water partition coefficient (Wildman–Crippen LogP) is 5.42. The molecule has 0 nitrogen and oxygen atoms in total. The van der Waals surface area contributed by atoms with Crippen LogP contribution in [0, 0.1) is 0 Å². The normalized spacial score (nSPS) is 11.3. The molecule has 2 heteroatoms. The first-order valence-corrected chi connectivity index (χ1v) is 11.9. The number of rotatable bonds is 9. The SMILES string of the molecule is CCP(CC)CCCCP(c1ccccc1)c1ccccc1. The van der Waals surface area contributed by atoms with Crippen molar-refractivity contribution in [2.75, 3.05) is 24.6 Å². The first kappa shape index (κ1) is 17.7. The Bertz CT molecular complexity index is 466. The maximum atomic E-state index is 2.36. The van der Waals surface area contributed by atoms with Gasteiger partial charge in [0.05, 0.1) is 0 Å². The van der Waals surface area contributed by atoms with Crippen molar-refractivity contribution in [3.05, 3.63) is 60.7 Å². The van der Waals surface area contributed by atoms with E-state index in [0.29, 0.717) is 7.92 Å². The lowest BCUT2D eigenvalue weighted by atomic mass is 10.4. The zero-order valence-electron chi connectivity index (χ0n) is 13.9. The summed E-state index contributed by atoms with van der Waals surface area (Å²) < 4.78 is 0. The quantitative estimate of drug-likeness (QED) is 0.425. The summed E-state index contributed by atoms with van der Waals surface area (Å²) in [6.45, 7) is 4.71. The average molecular weight is 330 g/mol. The lowest BCUT2D eigenvalue weighted by Gasteiger charge is -2.19. The molecule has 0 unspecified atom stereocenters. The standard InChI is InChI=1S/C20H28P2/c1-3-21(4-2)17-11-12-18-22(19-13-7-5-8-14-19)20-15-9-6-10-16-20/h5-10,13-16H,3-4,11-12,17-18H2,1-2H3. The maximum Gasteiger partial charge on any atom is -0.0195 e. The second-order valence-corrected chi connectivity index (χ2v) is 10.9. The smallest absolute Gasteiger partial charge is 0.0195 e. The molecule has 0 aliphatic rings. The van der Waals surface area contributed by atoms with Crippen molar-refractivity contribution in [3.8, 4) is 0 Å². The Balaban J connectivity index is 1.98. The van der Waals surface area contributed by atoms with E-state index >= 15 is 0 Å². The van der Waals surface area contributed by atoms with Crippen molar-refractivity contribution in [3.63, 3.8) is 0 Å². The Hall–Kier alpha value is -0.700. The van der Waals surface area contributed by atoms with E-state index in [2.05, 4.69) is 74.5 Å². The zero-order valence-corrected chi connectivity index (χ0v) is 15.7. The summed E-state index contributed by atoms with van der Waals surface area (Å²) in [5.74, 6) is 0. The van der Waals surface area contributed by atoms with Crippen molar-refractivity contribution in [1.82, 2.24) is 0 Å². The van der Waals surface area contributed by atoms with Gasteiger partial charge in [0.15, 0.2) is 0 Å². The Morgan fingerprint density at radius 3 is 1.55 bits per heavy atom.